The van der Waals surface area contributed by atoms with E-state index in [0.29, 0.717) is 17.8 Å². The van der Waals surface area contributed by atoms with Gasteiger partial charge in [-0.15, -0.1) is 5.92 Å². The smallest absolute Gasteiger partial charge is 0.252 e. The zero-order valence-electron chi connectivity index (χ0n) is 8.92. The number of nitrogens with one attached hydrogen (secondary N) is 1. The van der Waals surface area contributed by atoms with E-state index in [2.05, 4.69) is 17.2 Å². The van der Waals surface area contributed by atoms with E-state index in [1.807, 2.05) is 6.92 Å². The molecular weight excluding hydrogens is 188 g/mol. The van der Waals surface area contributed by atoms with Crippen LogP contribution in [0.25, 0.3) is 0 Å². The summed E-state index contributed by atoms with van der Waals surface area (Å²) in [5, 5.41) is 2.70. The lowest BCUT2D eigenvalue weighted by Crippen LogP contribution is -2.24. The first kappa shape index (κ1) is 11.1. The van der Waals surface area contributed by atoms with Crippen molar-refractivity contribution in [2.24, 2.45) is 0 Å². The summed E-state index contributed by atoms with van der Waals surface area (Å²) >= 11 is 0. The molecule has 1 aromatic carbocycles. The molecule has 0 aromatic heterocycles. The lowest BCUT2D eigenvalue weighted by Gasteiger charge is -2.07. The summed E-state index contributed by atoms with van der Waals surface area (Å²) in [6.07, 6.45) is 0. The first-order valence-corrected chi connectivity index (χ1v) is 4.69. The van der Waals surface area contributed by atoms with Crippen LogP contribution >= 0.6 is 0 Å². The third kappa shape index (κ3) is 2.75. The summed E-state index contributed by atoms with van der Waals surface area (Å²) in [7, 11) is 0. The third-order valence-corrected chi connectivity index (χ3v) is 2.13. The summed E-state index contributed by atoms with van der Waals surface area (Å²) in [5.74, 6) is 5.34. The molecule has 0 aliphatic carbocycles. The summed E-state index contributed by atoms with van der Waals surface area (Å²) in [4.78, 5) is 11.7. The Morgan fingerprint density at radius 3 is 2.93 bits per heavy atom. The second-order valence-electron chi connectivity index (χ2n) is 3.13. The van der Waals surface area contributed by atoms with Gasteiger partial charge in [0.25, 0.3) is 5.91 Å². The van der Waals surface area contributed by atoms with E-state index in [4.69, 9.17) is 5.73 Å². The Labute approximate surface area is 89.7 Å². The average Bonchev–Trinajstić information content (AvgIpc) is 2.22. The fourth-order valence-corrected chi connectivity index (χ4v) is 1.21. The quantitative estimate of drug-likeness (QED) is 0.561. The highest BCUT2D eigenvalue weighted by molar-refractivity contribution is 5.96. The molecule has 78 valence electrons. The molecule has 1 aromatic rings. The van der Waals surface area contributed by atoms with Gasteiger partial charge in [0.2, 0.25) is 0 Å². The van der Waals surface area contributed by atoms with Crippen molar-refractivity contribution in [2.45, 2.75) is 13.8 Å². The van der Waals surface area contributed by atoms with Crippen molar-refractivity contribution in [1.82, 2.24) is 5.32 Å². The van der Waals surface area contributed by atoms with Gasteiger partial charge in [-0.25, -0.2) is 0 Å². The van der Waals surface area contributed by atoms with Gasteiger partial charge >= 0.3 is 0 Å². The predicted molar refractivity (Wildman–Crippen MR) is 61.4 cm³/mol. The van der Waals surface area contributed by atoms with Crippen LogP contribution in [0, 0.1) is 18.8 Å². The minimum atomic E-state index is -0.137. The van der Waals surface area contributed by atoms with Crippen LogP contribution in [0.1, 0.15) is 22.8 Å². The number of carbonyl (C=O) groups is 1. The first-order chi connectivity index (χ1) is 7.16. The molecule has 0 fully saturated rings. The van der Waals surface area contributed by atoms with Gasteiger partial charge in [0, 0.05) is 11.3 Å². The van der Waals surface area contributed by atoms with E-state index in [0.717, 1.165) is 5.56 Å². The number of rotatable bonds is 2. The van der Waals surface area contributed by atoms with Gasteiger partial charge in [0.15, 0.2) is 0 Å². The average molecular weight is 202 g/mol. The fourth-order valence-electron chi connectivity index (χ4n) is 1.21. The molecule has 3 N–H and O–H groups in total. The van der Waals surface area contributed by atoms with E-state index >= 15 is 0 Å². The van der Waals surface area contributed by atoms with Crippen molar-refractivity contribution >= 4 is 11.6 Å². The van der Waals surface area contributed by atoms with Gasteiger partial charge in [0.05, 0.1) is 6.54 Å². The molecule has 0 heterocycles. The van der Waals surface area contributed by atoms with E-state index in [1.165, 1.54) is 0 Å². The van der Waals surface area contributed by atoms with E-state index in [-0.39, 0.29) is 5.91 Å². The number of benzene rings is 1. The van der Waals surface area contributed by atoms with Crippen LogP contribution in [0.5, 0.6) is 0 Å². The summed E-state index contributed by atoms with van der Waals surface area (Å²) in [5.41, 5.74) is 7.74. The Bertz CT molecular complexity index is 427. The van der Waals surface area contributed by atoms with Gasteiger partial charge in [0.1, 0.15) is 0 Å². The number of nitrogen functional groups attached to an aromatic ring is 1. The van der Waals surface area contributed by atoms with Crippen LogP contribution in [-0.4, -0.2) is 12.5 Å². The SMILES string of the molecule is CC#CCNC(=O)c1cccc(N)c1C. The van der Waals surface area contributed by atoms with E-state index < -0.39 is 0 Å². The van der Waals surface area contributed by atoms with E-state index in [1.54, 1.807) is 25.1 Å². The second kappa shape index (κ2) is 5.06. The van der Waals surface area contributed by atoms with Gasteiger partial charge in [-0.1, -0.05) is 12.0 Å². The Morgan fingerprint density at radius 1 is 1.53 bits per heavy atom. The number of amides is 1. The number of nitrogens with two attached hydrogens (primary N) is 1. The molecule has 1 amide bonds. The van der Waals surface area contributed by atoms with Crippen molar-refractivity contribution in [2.75, 3.05) is 12.3 Å². The zero-order chi connectivity index (χ0) is 11.3. The van der Waals surface area contributed by atoms with Gasteiger partial charge < -0.3 is 11.1 Å². The van der Waals surface area contributed by atoms with Crippen LogP contribution in [0.4, 0.5) is 5.69 Å². The molecule has 0 bridgehead atoms. The van der Waals surface area contributed by atoms with Gasteiger partial charge in [-0.3, -0.25) is 4.79 Å². The topological polar surface area (TPSA) is 55.1 Å². The largest absolute Gasteiger partial charge is 0.398 e. The predicted octanol–water partition coefficient (Wildman–Crippen LogP) is 1.33. The van der Waals surface area contributed by atoms with Crippen LogP contribution < -0.4 is 11.1 Å². The molecule has 0 spiro atoms. The molecule has 0 radical (unpaired) electrons. The Hall–Kier alpha value is -1.95. The number of hydrogen-bond acceptors (Lipinski definition) is 2. The standard InChI is InChI=1S/C12H14N2O/c1-3-4-8-14-12(15)10-6-5-7-11(13)9(10)2/h5-7H,8,13H2,1-2H3,(H,14,15). The van der Waals surface area contributed by atoms with Crippen LogP contribution in [0.2, 0.25) is 0 Å². The van der Waals surface area contributed by atoms with Gasteiger partial charge in [-0.05, 0) is 31.5 Å². The summed E-state index contributed by atoms with van der Waals surface area (Å²) < 4.78 is 0. The van der Waals surface area contributed by atoms with Crippen LogP contribution in [-0.2, 0) is 0 Å². The minimum absolute atomic E-state index is 0.137. The molecule has 3 nitrogen and oxygen atoms in total. The highest BCUT2D eigenvalue weighted by atomic mass is 16.1. The molecule has 0 unspecified atom stereocenters. The minimum Gasteiger partial charge on any atom is -0.398 e. The number of anilines is 1. The lowest BCUT2D eigenvalue weighted by atomic mass is 10.1. The Balaban J connectivity index is 2.81. The van der Waals surface area contributed by atoms with Crippen molar-refractivity contribution < 1.29 is 4.79 Å². The molecular formula is C12H14N2O. The molecule has 15 heavy (non-hydrogen) atoms. The molecule has 0 saturated heterocycles. The normalized spacial score (nSPS) is 8.93. The lowest BCUT2D eigenvalue weighted by molar-refractivity contribution is 0.0958. The molecule has 0 aliphatic rings. The van der Waals surface area contributed by atoms with Crippen LogP contribution in [0.3, 0.4) is 0 Å². The molecule has 1 rings (SSSR count). The van der Waals surface area contributed by atoms with Crippen molar-refractivity contribution in [3.63, 3.8) is 0 Å². The van der Waals surface area contributed by atoms with Gasteiger partial charge in [-0.2, -0.15) is 0 Å². The highest BCUT2D eigenvalue weighted by Crippen LogP contribution is 2.14. The highest BCUT2D eigenvalue weighted by Gasteiger charge is 2.08. The maximum absolute atomic E-state index is 11.7. The maximum atomic E-state index is 11.7. The molecule has 3 heteroatoms. The van der Waals surface area contributed by atoms with Crippen molar-refractivity contribution in [3.8, 4) is 11.8 Å². The number of hydrogen-bond donors (Lipinski definition) is 2. The first-order valence-electron chi connectivity index (χ1n) is 4.69. The molecule has 0 saturated carbocycles. The zero-order valence-corrected chi connectivity index (χ0v) is 8.92. The Morgan fingerprint density at radius 2 is 2.27 bits per heavy atom. The second-order valence-corrected chi connectivity index (χ2v) is 3.13. The van der Waals surface area contributed by atoms with Crippen molar-refractivity contribution in [1.29, 1.82) is 0 Å². The monoisotopic (exact) mass is 202 g/mol. The number of carbonyl (C=O) groups excluding carboxylic acids is 1. The summed E-state index contributed by atoms with van der Waals surface area (Å²) in [6, 6.07) is 5.29. The third-order valence-electron chi connectivity index (χ3n) is 2.13. The maximum Gasteiger partial charge on any atom is 0.252 e. The molecule has 0 aliphatic heterocycles. The van der Waals surface area contributed by atoms with Crippen LogP contribution in [0.15, 0.2) is 18.2 Å². The fraction of sp³-hybridized carbons (Fsp3) is 0.250. The van der Waals surface area contributed by atoms with Crippen molar-refractivity contribution in [3.05, 3.63) is 29.3 Å². The van der Waals surface area contributed by atoms with E-state index in [9.17, 15) is 4.79 Å². The summed E-state index contributed by atoms with van der Waals surface area (Å²) in [6.45, 7) is 3.93. The molecule has 0 atom stereocenters. The Kier molecular flexibility index (Phi) is 3.75.